The number of fused-ring (bicyclic) bond motifs is 1. The van der Waals surface area contributed by atoms with E-state index in [2.05, 4.69) is 224 Å². The smallest absolute Gasteiger partial charge is 0.0681 e. The molecule has 0 atom stereocenters. The molecule has 0 spiro atoms. The van der Waals surface area contributed by atoms with Gasteiger partial charge in [-0.2, -0.15) is 0 Å². The number of hydrogen-bond acceptors (Lipinski definition) is 2. The van der Waals surface area contributed by atoms with Crippen molar-refractivity contribution in [2.24, 2.45) is 0 Å². The van der Waals surface area contributed by atoms with Crippen LogP contribution in [-0.4, -0.2) is 5.11 Å². The van der Waals surface area contributed by atoms with Crippen LogP contribution in [0.1, 0.15) is 45.9 Å². The molecule has 0 aliphatic rings. The van der Waals surface area contributed by atoms with E-state index < -0.39 is 0 Å². The van der Waals surface area contributed by atoms with E-state index in [1.54, 1.807) is 0 Å². The van der Waals surface area contributed by atoms with Crippen molar-refractivity contribution in [1.82, 2.24) is 0 Å². The molecule has 2 heteroatoms. The first-order chi connectivity index (χ1) is 27.7. The number of hydrogen-bond donors (Lipinski definition) is 1. The maximum Gasteiger partial charge on any atom is 0.0681 e. The van der Waals surface area contributed by atoms with Crippen LogP contribution in [0.25, 0.3) is 33.6 Å². The molecule has 8 rings (SSSR count). The fourth-order valence-electron chi connectivity index (χ4n) is 7.35. The first-order valence-corrected chi connectivity index (χ1v) is 19.1. The Balaban J connectivity index is 1.21. The number of benzene rings is 8. The Hall–Kier alpha value is -7.00. The Morgan fingerprint density at radius 1 is 0.446 bits per heavy atom. The summed E-state index contributed by atoms with van der Waals surface area (Å²) in [6, 6.07) is 72.4. The average Bonchev–Trinajstić information content (AvgIpc) is 3.27. The average molecular weight is 722 g/mol. The second kappa shape index (κ2) is 17.0. The van der Waals surface area contributed by atoms with E-state index in [0.717, 1.165) is 33.6 Å². The van der Waals surface area contributed by atoms with E-state index >= 15 is 0 Å². The molecule has 1 N–H and O–H groups in total. The van der Waals surface area contributed by atoms with Gasteiger partial charge in [0.15, 0.2) is 0 Å². The lowest BCUT2D eigenvalue weighted by Crippen LogP contribution is -2.11. The molecule has 0 aromatic heterocycles. The van der Waals surface area contributed by atoms with Gasteiger partial charge in [-0.1, -0.05) is 188 Å². The summed E-state index contributed by atoms with van der Waals surface area (Å²) in [5.74, 6) is 0. The summed E-state index contributed by atoms with van der Waals surface area (Å²) in [6.07, 6.45) is 6.76. The van der Waals surface area contributed by atoms with Crippen molar-refractivity contribution >= 4 is 50.6 Å². The Kier molecular flexibility index (Phi) is 10.9. The van der Waals surface area contributed by atoms with Crippen LogP contribution in [0.15, 0.2) is 218 Å². The van der Waals surface area contributed by atoms with Crippen molar-refractivity contribution < 1.29 is 5.11 Å². The molecule has 0 bridgehead atoms. The second-order valence-corrected chi connectivity index (χ2v) is 13.9. The highest BCUT2D eigenvalue weighted by Crippen LogP contribution is 2.41. The summed E-state index contributed by atoms with van der Waals surface area (Å²) < 4.78 is 0. The zero-order valence-electron chi connectivity index (χ0n) is 31.5. The van der Waals surface area contributed by atoms with E-state index in [1.807, 2.05) is 12.1 Å². The fraction of sp³-hybridized carbons (Fsp3) is 0.0370. The van der Waals surface area contributed by atoms with Gasteiger partial charge in [-0.25, -0.2) is 0 Å². The van der Waals surface area contributed by atoms with Crippen LogP contribution >= 0.6 is 0 Å². The van der Waals surface area contributed by atoms with Crippen LogP contribution in [0.4, 0.5) is 17.1 Å². The van der Waals surface area contributed by atoms with Crippen LogP contribution < -0.4 is 4.90 Å². The molecule has 270 valence electrons. The minimum absolute atomic E-state index is 0.000415. The first-order valence-electron chi connectivity index (χ1n) is 19.1. The van der Waals surface area contributed by atoms with E-state index in [4.69, 9.17) is 0 Å². The number of nitrogens with zero attached hydrogens (tertiary/aromatic N) is 1. The molecule has 0 heterocycles. The zero-order valence-corrected chi connectivity index (χ0v) is 31.5. The quantitative estimate of drug-likeness (QED) is 0.106. The number of anilines is 3. The van der Waals surface area contributed by atoms with Gasteiger partial charge in [-0.3, -0.25) is 0 Å². The molecule has 0 amide bonds. The van der Waals surface area contributed by atoms with Crippen LogP contribution in [0.5, 0.6) is 0 Å². The maximum absolute atomic E-state index is 9.87. The molecule has 8 aromatic carbocycles. The lowest BCUT2D eigenvalue weighted by Gasteiger charge is -2.28. The number of aliphatic hydroxyl groups is 1. The summed E-state index contributed by atoms with van der Waals surface area (Å²) in [5, 5.41) is 12.2. The topological polar surface area (TPSA) is 23.5 Å². The van der Waals surface area contributed by atoms with Gasteiger partial charge < -0.3 is 10.0 Å². The Labute approximate surface area is 330 Å². The van der Waals surface area contributed by atoms with Gasteiger partial charge in [-0.05, 0) is 104 Å². The second-order valence-electron chi connectivity index (χ2n) is 13.9. The predicted octanol–water partition coefficient (Wildman–Crippen LogP) is 13.9. The normalized spacial score (nSPS) is 11.2. The summed E-state index contributed by atoms with van der Waals surface area (Å²) in [7, 11) is 0. The van der Waals surface area contributed by atoms with Crippen molar-refractivity contribution in [1.29, 1.82) is 0 Å². The summed E-state index contributed by atoms with van der Waals surface area (Å²) in [4.78, 5) is 2.32. The summed E-state index contributed by atoms with van der Waals surface area (Å²) in [5.41, 5.74) is 14.6. The van der Waals surface area contributed by atoms with Crippen molar-refractivity contribution in [2.75, 3.05) is 4.90 Å². The Morgan fingerprint density at radius 2 is 0.893 bits per heavy atom. The largest absolute Gasteiger partial charge is 0.392 e. The van der Waals surface area contributed by atoms with Gasteiger partial charge in [0.25, 0.3) is 0 Å². The van der Waals surface area contributed by atoms with Crippen molar-refractivity contribution in [3.63, 3.8) is 0 Å². The van der Waals surface area contributed by atoms with E-state index in [1.165, 1.54) is 49.9 Å². The molecule has 2 nitrogen and oxygen atoms in total. The van der Waals surface area contributed by atoms with Crippen LogP contribution in [-0.2, 0) is 6.61 Å². The monoisotopic (exact) mass is 721 g/mol. The lowest BCUT2D eigenvalue weighted by atomic mass is 9.94. The van der Waals surface area contributed by atoms with Gasteiger partial charge in [0, 0.05) is 16.8 Å². The van der Waals surface area contributed by atoms with Crippen LogP contribution in [0.3, 0.4) is 0 Å². The molecule has 0 unspecified atom stereocenters. The van der Waals surface area contributed by atoms with Crippen molar-refractivity contribution in [3.05, 3.63) is 257 Å². The highest BCUT2D eigenvalue weighted by molar-refractivity contribution is 6.04. The van der Waals surface area contributed by atoms with Gasteiger partial charge >= 0.3 is 0 Å². The SMILES string of the molecule is C/C(=C\C=C(c1ccccc1)c1ccccc1)c1ccc(N(c2ccc(C=C(c3ccccc3)c3ccccc3)cc2)c2ccc(CO)cc2)c2ccccc12. The minimum Gasteiger partial charge on any atom is -0.392 e. The molecule has 8 aromatic rings. The highest BCUT2D eigenvalue weighted by atomic mass is 16.3. The molecule has 0 aliphatic carbocycles. The van der Waals surface area contributed by atoms with E-state index in [-0.39, 0.29) is 6.61 Å². The number of aliphatic hydroxyl groups excluding tert-OH is 1. The molecule has 0 saturated carbocycles. The number of rotatable bonds is 11. The lowest BCUT2D eigenvalue weighted by molar-refractivity contribution is 0.282. The van der Waals surface area contributed by atoms with Crippen molar-refractivity contribution in [3.8, 4) is 0 Å². The van der Waals surface area contributed by atoms with E-state index in [0.29, 0.717) is 0 Å². The predicted molar refractivity (Wildman–Crippen MR) is 238 cm³/mol. The fourth-order valence-corrected chi connectivity index (χ4v) is 7.35. The minimum atomic E-state index is 0.000415. The first kappa shape index (κ1) is 36.0. The van der Waals surface area contributed by atoms with Gasteiger partial charge in [0.05, 0.1) is 12.3 Å². The van der Waals surface area contributed by atoms with Crippen LogP contribution in [0, 0.1) is 0 Å². The third kappa shape index (κ3) is 7.93. The Bertz CT molecular complexity index is 2540. The molecule has 56 heavy (non-hydrogen) atoms. The molecule has 0 fully saturated rings. The highest BCUT2D eigenvalue weighted by Gasteiger charge is 2.18. The third-order valence-electron chi connectivity index (χ3n) is 10.2. The van der Waals surface area contributed by atoms with E-state index in [9.17, 15) is 5.11 Å². The standard InChI is InChI=1S/C54H43NO/c1-40(26-35-50(43-16-6-2-7-17-43)44-18-8-3-9-19-44)49-36-37-54(52-25-15-14-24-51(49)52)55(48-33-29-42(39-56)30-34-48)47-31-27-41(28-32-47)38-53(45-20-10-4-11-21-45)46-22-12-5-13-23-46/h2-38,56H,39H2,1H3/b40-26+. The zero-order chi connectivity index (χ0) is 38.1. The summed E-state index contributed by atoms with van der Waals surface area (Å²) >= 11 is 0. The molecule has 0 radical (unpaired) electrons. The maximum atomic E-state index is 9.87. The van der Waals surface area contributed by atoms with Gasteiger partial charge in [0.1, 0.15) is 0 Å². The summed E-state index contributed by atoms with van der Waals surface area (Å²) in [6.45, 7) is 2.20. The van der Waals surface area contributed by atoms with Gasteiger partial charge in [0.2, 0.25) is 0 Å². The third-order valence-corrected chi connectivity index (χ3v) is 10.2. The molecule has 0 saturated heterocycles. The Morgan fingerprint density at radius 3 is 1.39 bits per heavy atom. The van der Waals surface area contributed by atoms with Crippen LogP contribution in [0.2, 0.25) is 0 Å². The number of allylic oxidation sites excluding steroid dienone is 3. The molecular weight excluding hydrogens is 679 g/mol. The molecular formula is C54H43NO. The van der Waals surface area contributed by atoms with Gasteiger partial charge in [-0.15, -0.1) is 0 Å². The van der Waals surface area contributed by atoms with Crippen molar-refractivity contribution in [2.45, 2.75) is 13.5 Å². The molecule has 0 aliphatic heterocycles.